The Morgan fingerprint density at radius 1 is 1.44 bits per heavy atom. The van der Waals surface area contributed by atoms with E-state index in [9.17, 15) is 0 Å². The second-order valence-corrected chi connectivity index (χ2v) is 5.26. The summed E-state index contributed by atoms with van der Waals surface area (Å²) in [6.07, 6.45) is 6.57. The molecule has 0 amide bonds. The minimum Gasteiger partial charge on any atom is -0.397 e. The molecule has 0 saturated carbocycles. The maximum absolute atomic E-state index is 5.85. The van der Waals surface area contributed by atoms with Crippen molar-refractivity contribution in [1.82, 2.24) is 14.8 Å². The van der Waals surface area contributed by atoms with Gasteiger partial charge in [0, 0.05) is 29.1 Å². The third kappa shape index (κ3) is 3.04. The number of nitrogens with zero attached hydrogens (tertiary/aromatic N) is 3. The van der Waals surface area contributed by atoms with Crippen LogP contribution in [0.4, 0.5) is 5.69 Å². The molecule has 2 rings (SSSR count). The molecular formula is C13H18N4S. The Morgan fingerprint density at radius 3 is 3.00 bits per heavy atom. The molecule has 0 bridgehead atoms. The van der Waals surface area contributed by atoms with Crippen LogP contribution in [-0.4, -0.2) is 14.8 Å². The molecule has 0 aliphatic rings. The average molecular weight is 262 g/mol. The second kappa shape index (κ2) is 5.91. The lowest BCUT2D eigenvalue weighted by Crippen LogP contribution is -2.04. The molecule has 2 heterocycles. The van der Waals surface area contributed by atoms with Gasteiger partial charge in [0.1, 0.15) is 0 Å². The van der Waals surface area contributed by atoms with Crippen LogP contribution in [-0.2, 0) is 5.75 Å². The maximum atomic E-state index is 5.85. The van der Waals surface area contributed by atoms with Crippen molar-refractivity contribution in [3.8, 4) is 0 Å². The van der Waals surface area contributed by atoms with E-state index < -0.39 is 0 Å². The first-order chi connectivity index (χ1) is 8.70. The molecule has 0 aliphatic carbocycles. The van der Waals surface area contributed by atoms with E-state index in [1.807, 2.05) is 16.9 Å². The van der Waals surface area contributed by atoms with Crippen LogP contribution in [0.1, 0.15) is 32.0 Å². The topological polar surface area (TPSA) is 56.7 Å². The molecule has 2 N–H and O–H groups in total. The molecule has 0 spiro atoms. The van der Waals surface area contributed by atoms with Crippen molar-refractivity contribution in [2.24, 2.45) is 0 Å². The van der Waals surface area contributed by atoms with Crippen LogP contribution >= 0.6 is 11.8 Å². The zero-order valence-corrected chi connectivity index (χ0v) is 11.5. The van der Waals surface area contributed by atoms with E-state index in [0.29, 0.717) is 6.04 Å². The van der Waals surface area contributed by atoms with Gasteiger partial charge in [-0.3, -0.25) is 9.67 Å². The highest BCUT2D eigenvalue weighted by atomic mass is 32.2. The number of pyridine rings is 1. The Labute approximate surface area is 112 Å². The third-order valence-electron chi connectivity index (χ3n) is 2.89. The third-order valence-corrected chi connectivity index (χ3v) is 4.01. The second-order valence-electron chi connectivity index (χ2n) is 4.25. The van der Waals surface area contributed by atoms with Crippen LogP contribution in [0, 0.1) is 0 Å². The Kier molecular flexibility index (Phi) is 4.25. The summed E-state index contributed by atoms with van der Waals surface area (Å²) >= 11 is 1.69. The fourth-order valence-electron chi connectivity index (χ4n) is 1.56. The molecule has 0 radical (unpaired) electrons. The van der Waals surface area contributed by atoms with Gasteiger partial charge in [-0.15, -0.1) is 11.8 Å². The van der Waals surface area contributed by atoms with Gasteiger partial charge in [0.05, 0.1) is 17.6 Å². The zero-order valence-electron chi connectivity index (χ0n) is 10.7. The number of hydrogen-bond acceptors (Lipinski definition) is 4. The van der Waals surface area contributed by atoms with Gasteiger partial charge in [-0.1, -0.05) is 6.92 Å². The highest BCUT2D eigenvalue weighted by Crippen LogP contribution is 2.26. The summed E-state index contributed by atoms with van der Waals surface area (Å²) in [4.78, 5) is 5.04. The van der Waals surface area contributed by atoms with Crippen LogP contribution in [0.5, 0.6) is 0 Å². The van der Waals surface area contributed by atoms with Crippen molar-refractivity contribution >= 4 is 17.4 Å². The number of thioether (sulfide) groups is 1. The van der Waals surface area contributed by atoms with Crippen molar-refractivity contribution in [3.05, 3.63) is 36.4 Å². The summed E-state index contributed by atoms with van der Waals surface area (Å²) in [5.74, 6) is 0.831. The van der Waals surface area contributed by atoms with Crippen LogP contribution in [0.3, 0.4) is 0 Å². The SMILES string of the molecule is CCC(C)n1ccc(CSc2ccncc2N)n1. The Balaban J connectivity index is 1.98. The molecule has 4 nitrogen and oxygen atoms in total. The van der Waals surface area contributed by atoms with Crippen LogP contribution < -0.4 is 5.73 Å². The van der Waals surface area contributed by atoms with E-state index in [1.165, 1.54) is 0 Å². The number of anilines is 1. The molecule has 1 atom stereocenters. The fourth-order valence-corrected chi connectivity index (χ4v) is 2.40. The lowest BCUT2D eigenvalue weighted by molar-refractivity contribution is 0.475. The quantitative estimate of drug-likeness (QED) is 0.841. The molecule has 5 heteroatoms. The van der Waals surface area contributed by atoms with E-state index in [0.717, 1.165) is 28.5 Å². The monoisotopic (exact) mass is 262 g/mol. The van der Waals surface area contributed by atoms with Gasteiger partial charge >= 0.3 is 0 Å². The average Bonchev–Trinajstić information content (AvgIpc) is 2.86. The van der Waals surface area contributed by atoms with Crippen molar-refractivity contribution in [2.75, 3.05) is 5.73 Å². The lowest BCUT2D eigenvalue weighted by atomic mass is 10.3. The predicted molar refractivity (Wildman–Crippen MR) is 75.4 cm³/mol. The highest BCUT2D eigenvalue weighted by Gasteiger charge is 2.06. The standard InChI is InChI=1S/C13H18N4S/c1-3-10(2)17-7-5-11(16-17)9-18-13-4-6-15-8-12(13)14/h4-8,10H,3,9,14H2,1-2H3. The van der Waals surface area contributed by atoms with Gasteiger partial charge in [-0.2, -0.15) is 5.10 Å². The van der Waals surface area contributed by atoms with E-state index in [2.05, 4.69) is 30.0 Å². The Morgan fingerprint density at radius 2 is 2.28 bits per heavy atom. The predicted octanol–water partition coefficient (Wildman–Crippen LogP) is 3.12. The first kappa shape index (κ1) is 13.0. The molecule has 18 heavy (non-hydrogen) atoms. The molecule has 96 valence electrons. The number of nitrogen functional groups attached to an aromatic ring is 1. The van der Waals surface area contributed by atoms with Crippen LogP contribution in [0.2, 0.25) is 0 Å². The summed E-state index contributed by atoms with van der Waals surface area (Å²) in [5, 5.41) is 4.57. The summed E-state index contributed by atoms with van der Waals surface area (Å²) in [6.45, 7) is 4.34. The van der Waals surface area contributed by atoms with Gasteiger partial charge < -0.3 is 5.73 Å². The zero-order chi connectivity index (χ0) is 13.0. The Hall–Kier alpha value is -1.49. The molecule has 1 unspecified atom stereocenters. The summed E-state index contributed by atoms with van der Waals surface area (Å²) in [5.41, 5.74) is 7.66. The van der Waals surface area contributed by atoms with E-state index in [1.54, 1.807) is 24.2 Å². The molecule has 0 aliphatic heterocycles. The molecule has 0 fully saturated rings. The van der Waals surface area contributed by atoms with E-state index in [4.69, 9.17) is 5.73 Å². The van der Waals surface area contributed by atoms with Crippen molar-refractivity contribution < 1.29 is 0 Å². The molecule has 2 aromatic heterocycles. The molecule has 0 aromatic carbocycles. The number of aromatic nitrogens is 3. The molecule has 0 saturated heterocycles. The normalized spacial score (nSPS) is 12.6. The first-order valence-corrected chi connectivity index (χ1v) is 7.05. The van der Waals surface area contributed by atoms with Gasteiger partial charge in [0.2, 0.25) is 0 Å². The number of nitrogens with two attached hydrogens (primary N) is 1. The minimum atomic E-state index is 0.453. The van der Waals surface area contributed by atoms with Gasteiger partial charge in [0.25, 0.3) is 0 Å². The van der Waals surface area contributed by atoms with Gasteiger partial charge in [-0.05, 0) is 25.5 Å². The fraction of sp³-hybridized carbons (Fsp3) is 0.385. The van der Waals surface area contributed by atoms with Gasteiger partial charge in [-0.25, -0.2) is 0 Å². The van der Waals surface area contributed by atoms with Gasteiger partial charge in [0.15, 0.2) is 0 Å². The van der Waals surface area contributed by atoms with E-state index >= 15 is 0 Å². The largest absolute Gasteiger partial charge is 0.397 e. The maximum Gasteiger partial charge on any atom is 0.0727 e. The summed E-state index contributed by atoms with van der Waals surface area (Å²) in [6, 6.07) is 4.46. The smallest absolute Gasteiger partial charge is 0.0727 e. The first-order valence-electron chi connectivity index (χ1n) is 6.07. The Bertz CT molecular complexity index is 509. The lowest BCUT2D eigenvalue weighted by Gasteiger charge is -2.08. The highest BCUT2D eigenvalue weighted by molar-refractivity contribution is 7.98. The number of rotatable bonds is 5. The van der Waals surface area contributed by atoms with Crippen molar-refractivity contribution in [2.45, 2.75) is 37.0 Å². The van der Waals surface area contributed by atoms with Crippen LogP contribution in [0.25, 0.3) is 0 Å². The minimum absolute atomic E-state index is 0.453. The van der Waals surface area contributed by atoms with Crippen LogP contribution in [0.15, 0.2) is 35.6 Å². The van der Waals surface area contributed by atoms with E-state index in [-0.39, 0.29) is 0 Å². The summed E-state index contributed by atoms with van der Waals surface area (Å²) in [7, 11) is 0. The number of hydrogen-bond donors (Lipinski definition) is 1. The summed E-state index contributed by atoms with van der Waals surface area (Å²) < 4.78 is 2.02. The van der Waals surface area contributed by atoms with Crippen molar-refractivity contribution in [1.29, 1.82) is 0 Å². The van der Waals surface area contributed by atoms with Crippen molar-refractivity contribution in [3.63, 3.8) is 0 Å². The molecule has 2 aromatic rings. The molecular weight excluding hydrogens is 244 g/mol.